The minimum atomic E-state index is 0.790. The molecule has 0 saturated heterocycles. The van der Waals surface area contributed by atoms with E-state index >= 15 is 0 Å². The third-order valence-corrected chi connectivity index (χ3v) is 3.33. The van der Waals surface area contributed by atoms with Crippen LogP contribution in [0.4, 0.5) is 0 Å². The lowest BCUT2D eigenvalue weighted by Crippen LogP contribution is -1.99. The smallest absolute Gasteiger partial charge is 0.0672 e. The molecule has 0 spiro atoms. The van der Waals surface area contributed by atoms with Crippen LogP contribution in [0.1, 0.15) is 11.1 Å². The summed E-state index contributed by atoms with van der Waals surface area (Å²) in [6.45, 7) is 2.85. The minimum Gasteiger partial charge on any atom is -0.342 e. The third kappa shape index (κ3) is 2.00. The van der Waals surface area contributed by atoms with Gasteiger partial charge >= 0.3 is 0 Å². The van der Waals surface area contributed by atoms with Crippen molar-refractivity contribution in [3.05, 3.63) is 65.1 Å². The van der Waals surface area contributed by atoms with Crippen molar-refractivity contribution in [2.75, 3.05) is 0 Å². The summed E-state index contributed by atoms with van der Waals surface area (Å²) < 4.78 is 2.16. The molecule has 0 unspecified atom stereocenters. The molecule has 1 aromatic carbocycles. The topological polar surface area (TPSA) is 17.8 Å². The highest BCUT2D eigenvalue weighted by atomic mass is 35.5. The molecule has 0 atom stereocenters. The highest BCUT2D eigenvalue weighted by molar-refractivity contribution is 6.35. The summed E-state index contributed by atoms with van der Waals surface area (Å²) in [4.78, 5) is 4.22. The average molecular weight is 257 g/mol. The van der Waals surface area contributed by atoms with Gasteiger partial charge < -0.3 is 4.57 Å². The fourth-order valence-electron chi connectivity index (χ4n) is 2.25. The van der Waals surface area contributed by atoms with Crippen LogP contribution in [0.3, 0.4) is 0 Å². The lowest BCUT2D eigenvalue weighted by Gasteiger charge is -2.07. The van der Waals surface area contributed by atoms with Crippen molar-refractivity contribution in [1.82, 2.24) is 9.55 Å². The molecule has 2 heterocycles. The molecule has 3 heteroatoms. The van der Waals surface area contributed by atoms with Gasteiger partial charge in [0.25, 0.3) is 0 Å². The molecule has 0 aliphatic heterocycles. The van der Waals surface area contributed by atoms with Gasteiger partial charge in [0, 0.05) is 30.5 Å². The van der Waals surface area contributed by atoms with Gasteiger partial charge in [-0.05, 0) is 30.2 Å². The Bertz CT molecular complexity index is 701. The second kappa shape index (κ2) is 4.46. The second-order valence-corrected chi connectivity index (χ2v) is 4.90. The molecule has 0 N–H and O–H groups in total. The first-order chi connectivity index (χ1) is 8.74. The number of rotatable bonds is 2. The maximum absolute atomic E-state index is 6.26. The highest BCUT2D eigenvalue weighted by Crippen LogP contribution is 2.25. The molecule has 2 nitrogen and oxygen atoms in total. The Morgan fingerprint density at radius 2 is 2.11 bits per heavy atom. The zero-order valence-electron chi connectivity index (χ0n) is 10.1. The summed E-state index contributed by atoms with van der Waals surface area (Å²) >= 11 is 6.26. The van der Waals surface area contributed by atoms with Crippen LogP contribution in [0, 0.1) is 6.92 Å². The summed E-state index contributed by atoms with van der Waals surface area (Å²) in [5.74, 6) is 0. The van der Waals surface area contributed by atoms with Gasteiger partial charge in [-0.2, -0.15) is 0 Å². The van der Waals surface area contributed by atoms with E-state index < -0.39 is 0 Å². The normalized spacial score (nSPS) is 11.0. The second-order valence-electron chi connectivity index (χ2n) is 4.49. The number of hydrogen-bond donors (Lipinski definition) is 0. The molecule has 0 amide bonds. The first-order valence-corrected chi connectivity index (χ1v) is 6.26. The van der Waals surface area contributed by atoms with Crippen molar-refractivity contribution in [3.8, 4) is 0 Å². The van der Waals surface area contributed by atoms with Gasteiger partial charge in [0.1, 0.15) is 0 Å². The van der Waals surface area contributed by atoms with Gasteiger partial charge in [-0.1, -0.05) is 29.8 Å². The van der Waals surface area contributed by atoms with Gasteiger partial charge in [-0.15, -0.1) is 0 Å². The molecule has 3 rings (SSSR count). The lowest BCUT2D eigenvalue weighted by atomic mass is 10.2. The van der Waals surface area contributed by atoms with Gasteiger partial charge in [0.15, 0.2) is 0 Å². The van der Waals surface area contributed by atoms with Crippen LogP contribution < -0.4 is 0 Å². The minimum absolute atomic E-state index is 0.790. The first kappa shape index (κ1) is 11.3. The Morgan fingerprint density at radius 3 is 2.94 bits per heavy atom. The van der Waals surface area contributed by atoms with Crippen LogP contribution in [0.15, 0.2) is 48.9 Å². The third-order valence-electron chi connectivity index (χ3n) is 3.02. The number of hydrogen-bond acceptors (Lipinski definition) is 1. The summed E-state index contributed by atoms with van der Waals surface area (Å²) in [7, 11) is 0. The van der Waals surface area contributed by atoms with E-state index in [4.69, 9.17) is 11.6 Å². The van der Waals surface area contributed by atoms with Crippen molar-refractivity contribution in [2.45, 2.75) is 13.5 Å². The summed E-state index contributed by atoms with van der Waals surface area (Å²) in [5.41, 5.74) is 3.45. The van der Waals surface area contributed by atoms with Crippen molar-refractivity contribution in [1.29, 1.82) is 0 Å². The van der Waals surface area contributed by atoms with E-state index in [0.717, 1.165) is 17.1 Å². The van der Waals surface area contributed by atoms with Gasteiger partial charge in [-0.3, -0.25) is 4.98 Å². The Hall–Kier alpha value is -1.80. The molecule has 0 aliphatic rings. The number of pyridine rings is 1. The van der Waals surface area contributed by atoms with Crippen molar-refractivity contribution < 1.29 is 0 Å². The average Bonchev–Trinajstić information content (AvgIpc) is 2.74. The van der Waals surface area contributed by atoms with Gasteiger partial charge in [0.2, 0.25) is 0 Å². The van der Waals surface area contributed by atoms with Crippen molar-refractivity contribution in [2.24, 2.45) is 0 Å². The van der Waals surface area contributed by atoms with E-state index in [1.165, 1.54) is 16.5 Å². The predicted molar refractivity (Wildman–Crippen MR) is 75.0 cm³/mol. The molecular formula is C15H13ClN2. The van der Waals surface area contributed by atoms with Crippen LogP contribution in [0.2, 0.25) is 5.02 Å². The fourth-order valence-corrected chi connectivity index (χ4v) is 2.54. The summed E-state index contributed by atoms with van der Waals surface area (Å²) in [5, 5.41) is 1.96. The Kier molecular flexibility index (Phi) is 2.80. The van der Waals surface area contributed by atoms with Crippen LogP contribution in [0.5, 0.6) is 0 Å². The maximum Gasteiger partial charge on any atom is 0.0672 e. The summed E-state index contributed by atoms with van der Waals surface area (Å²) in [6.07, 6.45) is 5.83. The van der Waals surface area contributed by atoms with Crippen molar-refractivity contribution in [3.63, 3.8) is 0 Å². The largest absolute Gasteiger partial charge is 0.342 e. The quantitative estimate of drug-likeness (QED) is 0.676. The molecule has 0 saturated carbocycles. The number of halogens is 1. The fraction of sp³-hybridized carbons (Fsp3) is 0.133. The van der Waals surface area contributed by atoms with Crippen molar-refractivity contribution >= 4 is 22.5 Å². The lowest BCUT2D eigenvalue weighted by molar-refractivity contribution is 0.830. The Balaban J connectivity index is 2.05. The van der Waals surface area contributed by atoms with Crippen LogP contribution in [-0.4, -0.2) is 9.55 Å². The van der Waals surface area contributed by atoms with E-state index in [9.17, 15) is 0 Å². The molecule has 3 aromatic rings. The molecular weight excluding hydrogens is 244 g/mol. The van der Waals surface area contributed by atoms with E-state index in [0.29, 0.717) is 0 Å². The zero-order chi connectivity index (χ0) is 12.5. The van der Waals surface area contributed by atoms with Crippen LogP contribution in [-0.2, 0) is 6.54 Å². The monoisotopic (exact) mass is 256 g/mol. The maximum atomic E-state index is 6.26. The number of fused-ring (bicyclic) bond motifs is 1. The molecule has 0 fully saturated rings. The summed E-state index contributed by atoms with van der Waals surface area (Å²) in [6, 6.07) is 10.2. The number of aryl methyl sites for hydroxylation is 1. The Labute approximate surface area is 111 Å². The highest BCUT2D eigenvalue weighted by Gasteiger charge is 2.05. The standard InChI is InChI=1S/C15H13ClN2/c1-11-7-12(9-17-8-11)10-18-6-5-13-3-2-4-14(16)15(13)18/h2-9H,10H2,1H3. The number of benzene rings is 1. The SMILES string of the molecule is Cc1cncc(Cn2ccc3cccc(Cl)c32)c1. The number of para-hydroxylation sites is 1. The molecule has 2 aromatic heterocycles. The predicted octanol–water partition coefficient (Wildman–Crippen LogP) is 4.05. The number of nitrogens with zero attached hydrogens (tertiary/aromatic N) is 2. The molecule has 90 valence electrons. The van der Waals surface area contributed by atoms with E-state index in [-0.39, 0.29) is 0 Å². The van der Waals surface area contributed by atoms with Crippen LogP contribution in [0.25, 0.3) is 10.9 Å². The van der Waals surface area contributed by atoms with E-state index in [1.807, 2.05) is 24.5 Å². The van der Waals surface area contributed by atoms with Crippen LogP contribution >= 0.6 is 11.6 Å². The van der Waals surface area contributed by atoms with E-state index in [2.05, 4.69) is 40.9 Å². The van der Waals surface area contributed by atoms with Gasteiger partial charge in [-0.25, -0.2) is 0 Å². The Morgan fingerprint density at radius 1 is 1.22 bits per heavy atom. The molecule has 18 heavy (non-hydrogen) atoms. The first-order valence-electron chi connectivity index (χ1n) is 5.88. The van der Waals surface area contributed by atoms with Gasteiger partial charge in [0.05, 0.1) is 10.5 Å². The molecule has 0 radical (unpaired) electrons. The van der Waals surface area contributed by atoms with E-state index in [1.54, 1.807) is 0 Å². The molecule has 0 bridgehead atoms. The number of aromatic nitrogens is 2. The molecule has 0 aliphatic carbocycles. The zero-order valence-corrected chi connectivity index (χ0v) is 10.9.